The van der Waals surface area contributed by atoms with E-state index in [4.69, 9.17) is 4.74 Å². The molecule has 0 aromatic heterocycles. The Labute approximate surface area is 175 Å². The van der Waals surface area contributed by atoms with Crippen molar-refractivity contribution in [2.24, 2.45) is 0 Å². The summed E-state index contributed by atoms with van der Waals surface area (Å²) in [5.74, 6) is 0.690. The van der Waals surface area contributed by atoms with Crippen LogP contribution in [-0.4, -0.2) is 45.5 Å². The molecule has 2 aromatic carbocycles. The quantitative estimate of drug-likeness (QED) is 0.703. The number of rotatable bonds is 6. The first-order chi connectivity index (χ1) is 13.7. The van der Waals surface area contributed by atoms with Gasteiger partial charge >= 0.3 is 0 Å². The van der Waals surface area contributed by atoms with E-state index in [1.807, 2.05) is 13.0 Å². The van der Waals surface area contributed by atoms with Gasteiger partial charge in [-0.3, -0.25) is 0 Å². The molecule has 1 aliphatic rings. The number of benzene rings is 2. The molecule has 0 bridgehead atoms. The fourth-order valence-corrected chi connectivity index (χ4v) is 5.20. The molecule has 0 unspecified atom stereocenters. The second-order valence-corrected chi connectivity index (χ2v) is 9.86. The third kappa shape index (κ3) is 4.59. The predicted octanol–water partition coefficient (Wildman–Crippen LogP) is 4.34. The Morgan fingerprint density at radius 3 is 2.24 bits per heavy atom. The molecule has 0 N–H and O–H groups in total. The van der Waals surface area contributed by atoms with Crippen LogP contribution >= 0.6 is 0 Å². The van der Waals surface area contributed by atoms with E-state index in [2.05, 4.69) is 50.8 Å². The van der Waals surface area contributed by atoms with Gasteiger partial charge in [-0.1, -0.05) is 26.0 Å². The Bertz CT molecular complexity index is 962. The average molecular weight is 417 g/mol. The van der Waals surface area contributed by atoms with Crippen LogP contribution in [0.25, 0.3) is 0 Å². The summed E-state index contributed by atoms with van der Waals surface area (Å²) in [7, 11) is -3.61. The molecule has 0 atom stereocenters. The Balaban J connectivity index is 1.82. The Kier molecular flexibility index (Phi) is 6.54. The maximum Gasteiger partial charge on any atom is 0.246 e. The van der Waals surface area contributed by atoms with Crippen molar-refractivity contribution >= 4 is 15.7 Å². The van der Waals surface area contributed by atoms with E-state index in [0.717, 1.165) is 11.3 Å². The first-order valence-electron chi connectivity index (χ1n) is 10.3. The van der Waals surface area contributed by atoms with E-state index in [9.17, 15) is 8.42 Å². The third-order valence-electron chi connectivity index (χ3n) is 5.65. The van der Waals surface area contributed by atoms with Crippen molar-refractivity contribution in [3.05, 3.63) is 53.1 Å². The summed E-state index contributed by atoms with van der Waals surface area (Å²) < 4.78 is 34.1. The largest absolute Gasteiger partial charge is 0.492 e. The van der Waals surface area contributed by atoms with Crippen LogP contribution in [0.15, 0.2) is 41.3 Å². The van der Waals surface area contributed by atoms with Gasteiger partial charge in [0.05, 0.1) is 6.61 Å². The minimum Gasteiger partial charge on any atom is -0.492 e. The topological polar surface area (TPSA) is 49.9 Å². The summed E-state index contributed by atoms with van der Waals surface area (Å²) in [5, 5.41) is 0. The van der Waals surface area contributed by atoms with Gasteiger partial charge < -0.3 is 9.64 Å². The van der Waals surface area contributed by atoms with E-state index >= 15 is 0 Å². The van der Waals surface area contributed by atoms with Crippen LogP contribution in [0.2, 0.25) is 0 Å². The van der Waals surface area contributed by atoms with Gasteiger partial charge in [-0.25, -0.2) is 8.42 Å². The highest BCUT2D eigenvalue weighted by atomic mass is 32.2. The van der Waals surface area contributed by atoms with Gasteiger partial charge in [0.15, 0.2) is 0 Å². The fraction of sp³-hybridized carbons (Fsp3) is 0.478. The molecule has 1 saturated heterocycles. The van der Waals surface area contributed by atoms with Crippen LogP contribution in [-0.2, 0) is 10.0 Å². The van der Waals surface area contributed by atoms with Gasteiger partial charge in [-0.05, 0) is 67.6 Å². The highest BCUT2D eigenvalue weighted by Crippen LogP contribution is 2.31. The summed E-state index contributed by atoms with van der Waals surface area (Å²) in [4.78, 5) is 2.54. The lowest BCUT2D eigenvalue weighted by Gasteiger charge is -2.36. The Morgan fingerprint density at radius 1 is 0.966 bits per heavy atom. The number of anilines is 1. The minimum absolute atomic E-state index is 0.251. The first-order valence-corrected chi connectivity index (χ1v) is 11.8. The smallest absolute Gasteiger partial charge is 0.246 e. The summed E-state index contributed by atoms with van der Waals surface area (Å²) in [6, 6.07) is 11.9. The van der Waals surface area contributed by atoms with Crippen molar-refractivity contribution < 1.29 is 13.2 Å². The van der Waals surface area contributed by atoms with E-state index < -0.39 is 10.0 Å². The molecule has 1 fully saturated rings. The molecule has 0 aliphatic carbocycles. The number of sulfonamides is 1. The second-order valence-electron chi connectivity index (χ2n) is 7.95. The van der Waals surface area contributed by atoms with Gasteiger partial charge in [0.1, 0.15) is 10.6 Å². The summed E-state index contributed by atoms with van der Waals surface area (Å²) in [6.07, 6.45) is 0. The van der Waals surface area contributed by atoms with Crippen molar-refractivity contribution in [1.29, 1.82) is 0 Å². The van der Waals surface area contributed by atoms with Gasteiger partial charge in [0.25, 0.3) is 0 Å². The highest BCUT2D eigenvalue weighted by Gasteiger charge is 2.31. The number of nitrogens with zero attached hydrogens (tertiary/aromatic N) is 2. The third-order valence-corrected chi connectivity index (χ3v) is 7.57. The SMILES string of the molecule is CCOc1ccc(C(C)C)cc1S(=O)(=O)N1CCN(c2ccc(C)c(C)c2)CC1. The van der Waals surface area contributed by atoms with Crippen LogP contribution in [0.4, 0.5) is 5.69 Å². The van der Waals surface area contributed by atoms with E-state index in [0.29, 0.717) is 38.5 Å². The van der Waals surface area contributed by atoms with E-state index in [1.165, 1.54) is 11.1 Å². The van der Waals surface area contributed by atoms with Crippen LogP contribution in [0.3, 0.4) is 0 Å². The number of piperazine rings is 1. The van der Waals surface area contributed by atoms with Crippen LogP contribution in [0.5, 0.6) is 5.75 Å². The van der Waals surface area contributed by atoms with E-state index in [1.54, 1.807) is 16.4 Å². The zero-order valence-corrected chi connectivity index (χ0v) is 18.9. The number of hydrogen-bond acceptors (Lipinski definition) is 4. The number of aryl methyl sites for hydroxylation is 2. The number of hydrogen-bond donors (Lipinski definition) is 0. The molecular weight excluding hydrogens is 384 g/mol. The lowest BCUT2D eigenvalue weighted by molar-refractivity contribution is 0.327. The highest BCUT2D eigenvalue weighted by molar-refractivity contribution is 7.89. The summed E-state index contributed by atoms with van der Waals surface area (Å²) in [5.41, 5.74) is 4.68. The van der Waals surface area contributed by atoms with Crippen molar-refractivity contribution in [2.45, 2.75) is 45.4 Å². The molecule has 0 spiro atoms. The van der Waals surface area contributed by atoms with Crippen molar-refractivity contribution in [1.82, 2.24) is 4.31 Å². The van der Waals surface area contributed by atoms with Crippen molar-refractivity contribution in [2.75, 3.05) is 37.7 Å². The minimum atomic E-state index is -3.61. The monoisotopic (exact) mass is 416 g/mol. The van der Waals surface area contributed by atoms with Crippen LogP contribution < -0.4 is 9.64 Å². The molecule has 0 amide bonds. The van der Waals surface area contributed by atoms with Gasteiger partial charge in [-0.15, -0.1) is 0 Å². The zero-order valence-electron chi connectivity index (χ0n) is 18.1. The number of ether oxygens (including phenoxy) is 1. The van der Waals surface area contributed by atoms with Crippen molar-refractivity contribution in [3.63, 3.8) is 0 Å². The molecular formula is C23H32N2O3S. The molecule has 29 heavy (non-hydrogen) atoms. The van der Waals surface area contributed by atoms with Crippen LogP contribution in [0, 0.1) is 13.8 Å². The molecule has 2 aromatic rings. The van der Waals surface area contributed by atoms with Crippen LogP contribution in [0.1, 0.15) is 43.4 Å². The Hall–Kier alpha value is -2.05. The maximum absolute atomic E-state index is 13.4. The lowest BCUT2D eigenvalue weighted by Crippen LogP contribution is -2.48. The predicted molar refractivity (Wildman–Crippen MR) is 119 cm³/mol. The van der Waals surface area contributed by atoms with Gasteiger partial charge in [-0.2, -0.15) is 4.31 Å². The molecule has 5 nitrogen and oxygen atoms in total. The molecule has 158 valence electrons. The first kappa shape index (κ1) is 21.7. The molecule has 1 aliphatic heterocycles. The summed E-state index contributed by atoms with van der Waals surface area (Å²) in [6.45, 7) is 12.9. The molecule has 1 heterocycles. The lowest BCUT2D eigenvalue weighted by atomic mass is 10.0. The molecule has 0 saturated carbocycles. The molecule has 6 heteroatoms. The average Bonchev–Trinajstić information content (AvgIpc) is 2.70. The molecule has 3 rings (SSSR count). The van der Waals surface area contributed by atoms with Crippen molar-refractivity contribution in [3.8, 4) is 5.75 Å². The molecule has 0 radical (unpaired) electrons. The Morgan fingerprint density at radius 2 is 1.66 bits per heavy atom. The zero-order chi connectivity index (χ0) is 21.2. The normalized spacial score (nSPS) is 15.7. The second kappa shape index (κ2) is 8.76. The summed E-state index contributed by atoms with van der Waals surface area (Å²) >= 11 is 0. The standard InChI is InChI=1S/C23H32N2O3S/c1-6-28-22-10-8-20(17(2)3)16-23(22)29(26,27)25-13-11-24(12-14-25)21-9-7-18(4)19(5)15-21/h7-10,15-17H,6,11-14H2,1-5H3. The fourth-order valence-electron chi connectivity index (χ4n) is 3.61. The van der Waals surface area contributed by atoms with Gasteiger partial charge in [0.2, 0.25) is 10.0 Å². The van der Waals surface area contributed by atoms with Gasteiger partial charge in [0, 0.05) is 31.9 Å². The van der Waals surface area contributed by atoms with E-state index in [-0.39, 0.29) is 10.8 Å². The maximum atomic E-state index is 13.4.